The molecule has 0 aliphatic carbocycles. The summed E-state index contributed by atoms with van der Waals surface area (Å²) in [4.78, 5) is 17.5. The number of nitrogens with two attached hydrogens (primary N) is 1. The molecule has 4 rings (SSSR count). The molecule has 1 atom stereocenters. The van der Waals surface area contributed by atoms with Crippen molar-refractivity contribution in [1.82, 2.24) is 14.7 Å². The number of ether oxygens (including phenoxy) is 2. The summed E-state index contributed by atoms with van der Waals surface area (Å²) in [6.45, 7) is 1.17. The van der Waals surface area contributed by atoms with Crippen molar-refractivity contribution in [2.75, 3.05) is 13.2 Å². The van der Waals surface area contributed by atoms with Crippen LogP contribution in [0, 0.1) is 30.2 Å². The lowest BCUT2D eigenvalue weighted by Crippen LogP contribution is -2.44. The van der Waals surface area contributed by atoms with E-state index in [0.717, 1.165) is 24.3 Å². The summed E-state index contributed by atoms with van der Waals surface area (Å²) in [6, 6.07) is 9.14. The van der Waals surface area contributed by atoms with Gasteiger partial charge in [-0.05, 0) is 43.3 Å². The van der Waals surface area contributed by atoms with Gasteiger partial charge in [0.2, 0.25) is 0 Å². The van der Waals surface area contributed by atoms with Gasteiger partial charge in [-0.3, -0.25) is 9.20 Å². The van der Waals surface area contributed by atoms with Crippen LogP contribution >= 0.6 is 0 Å². The number of amides is 1. The van der Waals surface area contributed by atoms with Crippen molar-refractivity contribution in [3.05, 3.63) is 94.9 Å². The number of benzene rings is 2. The Balaban J connectivity index is 1.50. The molecule has 3 N–H and O–H groups in total. The highest BCUT2D eigenvalue weighted by molar-refractivity contribution is 5.95. The van der Waals surface area contributed by atoms with E-state index in [-0.39, 0.29) is 48.2 Å². The Hall–Kier alpha value is -4.12. The Morgan fingerprint density at radius 1 is 1.03 bits per heavy atom. The lowest BCUT2D eigenvalue weighted by molar-refractivity contribution is 0.0917. The average molecular weight is 502 g/mol. The largest absolute Gasteiger partial charge is 0.491 e. The molecule has 4 aromatic rings. The van der Waals surface area contributed by atoms with Gasteiger partial charge in [0.1, 0.15) is 36.3 Å². The maximum Gasteiger partial charge on any atom is 0.270 e. The number of aryl methyl sites for hydroxylation is 1. The van der Waals surface area contributed by atoms with Gasteiger partial charge in [0, 0.05) is 18.8 Å². The third kappa shape index (κ3) is 5.25. The molecular formula is C25H22F4N4O3. The zero-order valence-corrected chi connectivity index (χ0v) is 19.1. The first-order valence-corrected chi connectivity index (χ1v) is 10.9. The fourth-order valence-electron chi connectivity index (χ4n) is 3.55. The van der Waals surface area contributed by atoms with E-state index >= 15 is 0 Å². The molecule has 1 unspecified atom stereocenters. The van der Waals surface area contributed by atoms with Crippen molar-refractivity contribution in [1.29, 1.82) is 0 Å². The van der Waals surface area contributed by atoms with Gasteiger partial charge in [0.25, 0.3) is 5.91 Å². The number of aromatic nitrogens is 2. The minimum atomic E-state index is -1.06. The van der Waals surface area contributed by atoms with Gasteiger partial charge in [-0.15, -0.1) is 0 Å². The van der Waals surface area contributed by atoms with Gasteiger partial charge in [-0.2, -0.15) is 0 Å². The Kier molecular flexibility index (Phi) is 7.39. The monoisotopic (exact) mass is 502 g/mol. The van der Waals surface area contributed by atoms with Crippen molar-refractivity contribution >= 4 is 11.6 Å². The third-order valence-corrected chi connectivity index (χ3v) is 5.40. The van der Waals surface area contributed by atoms with E-state index in [2.05, 4.69) is 10.3 Å². The van der Waals surface area contributed by atoms with Crippen LogP contribution in [0.1, 0.15) is 21.7 Å². The van der Waals surface area contributed by atoms with Crippen LogP contribution in [0.2, 0.25) is 0 Å². The van der Waals surface area contributed by atoms with Crippen LogP contribution in [0.5, 0.6) is 11.5 Å². The van der Waals surface area contributed by atoms with E-state index in [9.17, 15) is 22.4 Å². The molecule has 1 amide bonds. The van der Waals surface area contributed by atoms with Crippen LogP contribution in [0.3, 0.4) is 0 Å². The summed E-state index contributed by atoms with van der Waals surface area (Å²) in [5, 5.41) is 2.73. The maximum absolute atomic E-state index is 14.0. The molecule has 0 fully saturated rings. The smallest absolute Gasteiger partial charge is 0.270 e. The number of nitrogens with zero attached hydrogens (tertiary/aromatic N) is 2. The summed E-state index contributed by atoms with van der Waals surface area (Å²) in [5.74, 6) is -3.74. The number of carbonyl (C=O) groups is 1. The van der Waals surface area contributed by atoms with E-state index < -0.39 is 35.2 Å². The summed E-state index contributed by atoms with van der Waals surface area (Å²) < 4.78 is 67.0. The highest BCUT2D eigenvalue weighted by atomic mass is 19.2. The Morgan fingerprint density at radius 2 is 1.78 bits per heavy atom. The van der Waals surface area contributed by atoms with Crippen molar-refractivity contribution in [3.8, 4) is 11.5 Å². The average Bonchev–Trinajstić information content (AvgIpc) is 3.20. The molecule has 0 aliphatic rings. The second-order valence-corrected chi connectivity index (χ2v) is 7.89. The predicted molar refractivity (Wildman–Crippen MR) is 123 cm³/mol. The highest BCUT2D eigenvalue weighted by Gasteiger charge is 2.22. The highest BCUT2D eigenvalue weighted by Crippen LogP contribution is 2.24. The van der Waals surface area contributed by atoms with E-state index in [1.165, 1.54) is 16.5 Å². The Morgan fingerprint density at radius 3 is 2.47 bits per heavy atom. The first kappa shape index (κ1) is 25.0. The van der Waals surface area contributed by atoms with E-state index in [1.807, 2.05) is 0 Å². The summed E-state index contributed by atoms with van der Waals surface area (Å²) in [7, 11) is 0. The quantitative estimate of drug-likeness (QED) is 0.339. The van der Waals surface area contributed by atoms with Crippen molar-refractivity contribution in [3.63, 3.8) is 0 Å². The standard InChI is InChI=1S/C25H22F4N4O3/c1-14-23(25(34)32-15(11-30)12-35-16-7-8-20(28)21(29)10-16)33-9-3-6-22(24(33)31-14)36-13-17-18(26)4-2-5-19(17)27/h2-10,15H,11-13,30H2,1H3,(H,32,34). The van der Waals surface area contributed by atoms with Gasteiger partial charge in [-0.25, -0.2) is 22.5 Å². The number of rotatable bonds is 9. The second kappa shape index (κ2) is 10.6. The molecule has 2 aromatic heterocycles. The number of pyridine rings is 1. The van der Waals surface area contributed by atoms with Gasteiger partial charge in [-0.1, -0.05) is 6.07 Å². The predicted octanol–water partition coefficient (Wildman–Crippen LogP) is 3.91. The van der Waals surface area contributed by atoms with Gasteiger partial charge in [0.15, 0.2) is 23.0 Å². The first-order chi connectivity index (χ1) is 17.3. The molecule has 188 valence electrons. The van der Waals surface area contributed by atoms with Gasteiger partial charge < -0.3 is 20.5 Å². The summed E-state index contributed by atoms with van der Waals surface area (Å²) in [6.07, 6.45) is 1.59. The van der Waals surface area contributed by atoms with Gasteiger partial charge in [0.05, 0.1) is 17.3 Å². The molecule has 2 heterocycles. The molecule has 0 aliphatic heterocycles. The SMILES string of the molecule is Cc1nc2c(OCc3c(F)cccc3F)cccn2c1C(=O)NC(CN)COc1ccc(F)c(F)c1. The Labute approximate surface area is 203 Å². The lowest BCUT2D eigenvalue weighted by Gasteiger charge is -2.18. The van der Waals surface area contributed by atoms with Crippen LogP contribution < -0.4 is 20.5 Å². The zero-order chi connectivity index (χ0) is 25.8. The third-order valence-electron chi connectivity index (χ3n) is 5.40. The molecule has 0 saturated carbocycles. The number of hydrogen-bond acceptors (Lipinski definition) is 5. The van der Waals surface area contributed by atoms with Crippen LogP contribution in [-0.2, 0) is 6.61 Å². The number of carbonyl (C=O) groups excluding carboxylic acids is 1. The zero-order valence-electron chi connectivity index (χ0n) is 19.1. The number of nitrogens with one attached hydrogen (secondary N) is 1. The van der Waals surface area contributed by atoms with E-state index in [0.29, 0.717) is 5.69 Å². The maximum atomic E-state index is 14.0. The van der Waals surface area contributed by atoms with Crippen LogP contribution in [0.25, 0.3) is 5.65 Å². The Bertz CT molecular complexity index is 1390. The molecule has 2 aromatic carbocycles. The number of hydrogen-bond donors (Lipinski definition) is 2. The van der Waals surface area contributed by atoms with E-state index in [4.69, 9.17) is 15.2 Å². The summed E-state index contributed by atoms with van der Waals surface area (Å²) >= 11 is 0. The number of halogens is 4. The fraction of sp³-hybridized carbons (Fsp3) is 0.200. The summed E-state index contributed by atoms with van der Waals surface area (Å²) in [5.41, 5.74) is 6.37. The van der Waals surface area contributed by atoms with Crippen molar-refractivity contribution < 1.29 is 31.8 Å². The van der Waals surface area contributed by atoms with Crippen LogP contribution in [-0.4, -0.2) is 34.5 Å². The van der Waals surface area contributed by atoms with E-state index in [1.54, 1.807) is 25.3 Å². The van der Waals surface area contributed by atoms with Crippen LogP contribution in [0.4, 0.5) is 17.6 Å². The molecule has 0 bridgehead atoms. The first-order valence-electron chi connectivity index (χ1n) is 10.9. The van der Waals surface area contributed by atoms with Crippen LogP contribution in [0.15, 0.2) is 54.7 Å². The van der Waals surface area contributed by atoms with Crippen molar-refractivity contribution in [2.45, 2.75) is 19.6 Å². The number of fused-ring (bicyclic) bond motifs is 1. The minimum absolute atomic E-state index is 0.00770. The molecule has 0 spiro atoms. The topological polar surface area (TPSA) is 90.9 Å². The molecular weight excluding hydrogens is 480 g/mol. The number of imidazole rings is 1. The fourth-order valence-corrected chi connectivity index (χ4v) is 3.55. The lowest BCUT2D eigenvalue weighted by atomic mass is 10.2. The van der Waals surface area contributed by atoms with Crippen molar-refractivity contribution in [2.24, 2.45) is 5.73 Å². The molecule has 0 saturated heterocycles. The molecule has 11 heteroatoms. The normalized spacial score (nSPS) is 11.9. The molecule has 7 nitrogen and oxygen atoms in total. The van der Waals surface area contributed by atoms with Gasteiger partial charge >= 0.3 is 0 Å². The molecule has 0 radical (unpaired) electrons. The molecule has 36 heavy (non-hydrogen) atoms. The second-order valence-electron chi connectivity index (χ2n) is 7.89. The minimum Gasteiger partial charge on any atom is -0.491 e.